The monoisotopic (exact) mass is 753 g/mol. The van der Waals surface area contributed by atoms with Crippen molar-refractivity contribution in [1.82, 2.24) is 20.1 Å². The van der Waals surface area contributed by atoms with Crippen molar-refractivity contribution in [2.45, 2.75) is 44.2 Å². The van der Waals surface area contributed by atoms with E-state index in [1.165, 1.54) is 0 Å². The summed E-state index contributed by atoms with van der Waals surface area (Å²) in [5.41, 5.74) is 2.33. The molecule has 3 saturated heterocycles. The molecule has 2 amide bonds. The molecule has 0 aliphatic carbocycles. The molecule has 3 fully saturated rings. The van der Waals surface area contributed by atoms with Crippen molar-refractivity contribution in [3.05, 3.63) is 44.7 Å². The van der Waals surface area contributed by atoms with Crippen LogP contribution in [0.3, 0.4) is 0 Å². The van der Waals surface area contributed by atoms with Gasteiger partial charge in [0.2, 0.25) is 11.7 Å². The van der Waals surface area contributed by atoms with E-state index in [0.29, 0.717) is 18.5 Å². The van der Waals surface area contributed by atoms with E-state index >= 15 is 0 Å². The summed E-state index contributed by atoms with van der Waals surface area (Å²) in [5, 5.41) is 6.12. The molecule has 1 N–H and O–H groups in total. The van der Waals surface area contributed by atoms with Gasteiger partial charge in [-0.25, -0.2) is 4.98 Å². The molecule has 1 aromatic heterocycles. The van der Waals surface area contributed by atoms with E-state index in [1.807, 2.05) is 32.1 Å². The maximum atomic E-state index is 14.2. The zero-order chi connectivity index (χ0) is 31.6. The molecule has 0 radical (unpaired) electrons. The highest BCUT2D eigenvalue weighted by Gasteiger charge is 2.61. The highest BCUT2D eigenvalue weighted by molar-refractivity contribution is 9.28. The van der Waals surface area contributed by atoms with E-state index in [0.717, 1.165) is 46.0 Å². The van der Waals surface area contributed by atoms with E-state index in [2.05, 4.69) is 59.4 Å². The first kappa shape index (κ1) is 33.5. The van der Waals surface area contributed by atoms with Gasteiger partial charge in [0.05, 0.1) is 15.2 Å². The van der Waals surface area contributed by atoms with Crippen molar-refractivity contribution in [3.8, 4) is 11.3 Å². The number of nitrogens with zero attached hydrogens (tertiary/aromatic N) is 4. The lowest BCUT2D eigenvalue weighted by Crippen LogP contribution is -2.58. The number of piperazine rings is 1. The molecule has 0 saturated carbocycles. The number of ether oxygens (including phenoxy) is 3. The van der Waals surface area contributed by atoms with Crippen LogP contribution >= 0.6 is 43.2 Å². The number of likely N-dealkylation sites (N-methyl/N-ethyl adjacent to an activating group) is 1. The SMILES string of the molecule is COC1(OC)CO[C@@H]2[C@H](C=C(Br)Br)CN(C(=O)[C@H](CC(C)C)NC(=O)c3ccc(-c4csc(N5CCN(C)CC5)n4)cc3)[C@@H]21. The summed E-state index contributed by atoms with van der Waals surface area (Å²) >= 11 is 8.55. The first-order valence-electron chi connectivity index (χ1n) is 14.9. The first-order chi connectivity index (χ1) is 21.0. The van der Waals surface area contributed by atoms with Crippen LogP contribution in [0.1, 0.15) is 30.6 Å². The number of carbonyl (C=O) groups excluding carboxylic acids is 2. The summed E-state index contributed by atoms with van der Waals surface area (Å²) in [4.78, 5) is 39.0. The molecule has 1 aromatic carbocycles. The summed E-state index contributed by atoms with van der Waals surface area (Å²) in [6.07, 6.45) is 2.16. The molecular formula is C31H41Br2N5O5S. The number of hydrogen-bond acceptors (Lipinski definition) is 9. The van der Waals surface area contributed by atoms with Crippen LogP contribution in [0, 0.1) is 11.8 Å². The van der Waals surface area contributed by atoms with Crippen molar-refractivity contribution < 1.29 is 23.8 Å². The minimum absolute atomic E-state index is 0.0877. The maximum absolute atomic E-state index is 14.2. The smallest absolute Gasteiger partial charge is 0.251 e. The van der Waals surface area contributed by atoms with Gasteiger partial charge in [0.15, 0.2) is 5.13 Å². The van der Waals surface area contributed by atoms with Crippen molar-refractivity contribution >= 4 is 60.1 Å². The molecule has 13 heteroatoms. The number of halogens is 2. The predicted octanol–water partition coefficient (Wildman–Crippen LogP) is 4.55. The van der Waals surface area contributed by atoms with Crippen LogP contribution < -0.4 is 10.2 Å². The summed E-state index contributed by atoms with van der Waals surface area (Å²) in [5.74, 6) is -1.48. The number of aromatic nitrogens is 1. The third kappa shape index (κ3) is 7.08. The van der Waals surface area contributed by atoms with Gasteiger partial charge in [0, 0.05) is 69.4 Å². The third-order valence-electron chi connectivity index (χ3n) is 8.74. The minimum atomic E-state index is -1.09. The van der Waals surface area contributed by atoms with Crippen LogP contribution in [0.4, 0.5) is 5.13 Å². The average molecular weight is 756 g/mol. The van der Waals surface area contributed by atoms with Crippen molar-refractivity contribution in [3.63, 3.8) is 0 Å². The quantitative estimate of drug-likeness (QED) is 0.354. The molecule has 5 rings (SSSR count). The fourth-order valence-corrected chi connectivity index (χ4v) is 7.87. The van der Waals surface area contributed by atoms with Crippen LogP contribution in [0.5, 0.6) is 0 Å². The fourth-order valence-electron chi connectivity index (χ4n) is 6.30. The predicted molar refractivity (Wildman–Crippen MR) is 179 cm³/mol. The molecule has 10 nitrogen and oxygen atoms in total. The van der Waals surface area contributed by atoms with Crippen LogP contribution in [0.15, 0.2) is 39.1 Å². The molecule has 44 heavy (non-hydrogen) atoms. The standard InChI is InChI=1S/C31H41Br2N5O5S/c1-19(2)14-23(29(40)38-16-22(15-25(32)33)26-27(38)31(41-4,42-5)18-43-26)34-28(39)21-8-6-20(7-9-21)24-17-44-30(35-24)37-12-10-36(3)11-13-37/h6-9,15,17,19,22-23,26-27H,10-14,16,18H2,1-5H3,(H,34,39)/t22-,23+,26-,27+/m1/s1. The van der Waals surface area contributed by atoms with E-state index in [1.54, 1.807) is 42.6 Å². The van der Waals surface area contributed by atoms with E-state index in [-0.39, 0.29) is 36.4 Å². The van der Waals surface area contributed by atoms with Gasteiger partial charge in [-0.1, -0.05) is 32.1 Å². The zero-order valence-electron chi connectivity index (χ0n) is 25.8. The van der Waals surface area contributed by atoms with Gasteiger partial charge in [-0.05, 0) is 63.4 Å². The minimum Gasteiger partial charge on any atom is -0.369 e. The van der Waals surface area contributed by atoms with Gasteiger partial charge < -0.3 is 34.2 Å². The Morgan fingerprint density at radius 1 is 1.16 bits per heavy atom. The van der Waals surface area contributed by atoms with Gasteiger partial charge >= 0.3 is 0 Å². The number of benzene rings is 1. The van der Waals surface area contributed by atoms with Crippen molar-refractivity contribution in [2.75, 3.05) is 65.5 Å². The molecule has 0 bridgehead atoms. The largest absolute Gasteiger partial charge is 0.369 e. The Morgan fingerprint density at radius 3 is 2.45 bits per heavy atom. The number of carbonyl (C=O) groups is 2. The Labute approximate surface area is 280 Å². The summed E-state index contributed by atoms with van der Waals surface area (Å²) < 4.78 is 18.5. The fraction of sp³-hybridized carbons (Fsp3) is 0.581. The van der Waals surface area contributed by atoms with Crippen LogP contribution in [-0.4, -0.2) is 111 Å². The summed E-state index contributed by atoms with van der Waals surface area (Å²) in [6.45, 7) is 8.68. The highest BCUT2D eigenvalue weighted by Crippen LogP contribution is 2.43. The lowest BCUT2D eigenvalue weighted by atomic mass is 9.98. The second-order valence-corrected chi connectivity index (χ2v) is 15.7. The molecule has 2 aromatic rings. The van der Waals surface area contributed by atoms with Gasteiger partial charge in [-0.3, -0.25) is 9.59 Å². The number of methoxy groups -OCH3 is 2. The Kier molecular flexibility index (Phi) is 10.9. The summed E-state index contributed by atoms with van der Waals surface area (Å²) in [6, 6.07) is 6.22. The number of fused-ring (bicyclic) bond motifs is 1. The number of nitrogens with one attached hydrogen (secondary N) is 1. The molecule has 4 atom stereocenters. The second-order valence-electron chi connectivity index (χ2n) is 12.1. The van der Waals surface area contributed by atoms with E-state index in [4.69, 9.17) is 19.2 Å². The highest BCUT2D eigenvalue weighted by atomic mass is 79.9. The lowest BCUT2D eigenvalue weighted by molar-refractivity contribution is -0.227. The maximum Gasteiger partial charge on any atom is 0.251 e. The van der Waals surface area contributed by atoms with Crippen LogP contribution in [-0.2, 0) is 19.0 Å². The Bertz CT molecular complexity index is 1340. The molecule has 3 aliphatic rings. The van der Waals surface area contributed by atoms with E-state index < -0.39 is 17.9 Å². The van der Waals surface area contributed by atoms with E-state index in [9.17, 15) is 9.59 Å². The molecule has 240 valence electrons. The molecular weight excluding hydrogens is 714 g/mol. The topological polar surface area (TPSA) is 96.5 Å². The number of amides is 2. The third-order valence-corrected chi connectivity index (χ3v) is 10.2. The van der Waals surface area contributed by atoms with Gasteiger partial charge in [0.25, 0.3) is 5.91 Å². The summed E-state index contributed by atoms with van der Waals surface area (Å²) in [7, 11) is 5.27. The molecule has 4 heterocycles. The lowest BCUT2D eigenvalue weighted by Gasteiger charge is -2.37. The average Bonchev–Trinajstić information content (AvgIpc) is 3.73. The molecule has 0 spiro atoms. The Hall–Kier alpha value is -1.87. The number of anilines is 1. The number of likely N-dealkylation sites (tertiary alicyclic amines) is 1. The molecule has 0 unspecified atom stereocenters. The van der Waals surface area contributed by atoms with Gasteiger partial charge in [-0.15, -0.1) is 11.3 Å². The van der Waals surface area contributed by atoms with Gasteiger partial charge in [0.1, 0.15) is 18.7 Å². The second kappa shape index (κ2) is 14.3. The normalized spacial score (nSPS) is 24.0. The number of rotatable bonds is 10. The van der Waals surface area contributed by atoms with Crippen LogP contribution in [0.2, 0.25) is 0 Å². The molecule has 3 aliphatic heterocycles. The Balaban J connectivity index is 1.31. The van der Waals surface area contributed by atoms with Crippen LogP contribution in [0.25, 0.3) is 11.3 Å². The number of hydrogen-bond donors (Lipinski definition) is 1. The van der Waals surface area contributed by atoms with Crippen molar-refractivity contribution in [2.24, 2.45) is 11.8 Å². The Morgan fingerprint density at radius 2 is 1.84 bits per heavy atom. The van der Waals surface area contributed by atoms with Crippen molar-refractivity contribution in [1.29, 1.82) is 0 Å². The first-order valence-corrected chi connectivity index (χ1v) is 17.4. The zero-order valence-corrected chi connectivity index (χ0v) is 29.8. The number of thiazole rings is 1. The van der Waals surface area contributed by atoms with Gasteiger partial charge in [-0.2, -0.15) is 0 Å².